The molecule has 0 bridgehead atoms. The summed E-state index contributed by atoms with van der Waals surface area (Å²) in [6.07, 6.45) is 1.81. The molecule has 7 nitrogen and oxygen atoms in total. The van der Waals surface area contributed by atoms with E-state index in [4.69, 9.17) is 19.2 Å². The molecule has 0 spiro atoms. The Bertz CT molecular complexity index is 2110. The number of carbonyl (C=O) groups is 1. The van der Waals surface area contributed by atoms with Crippen LogP contribution in [0.3, 0.4) is 0 Å². The van der Waals surface area contributed by atoms with Gasteiger partial charge in [0.15, 0.2) is 4.80 Å². The number of fused-ring (bicyclic) bond motifs is 1. The maximum Gasteiger partial charge on any atom is 0.338 e. The monoisotopic (exact) mass is 758 g/mol. The molecule has 4 aromatic carbocycles. The second-order valence-electron chi connectivity index (χ2n) is 10.3. The summed E-state index contributed by atoms with van der Waals surface area (Å²) >= 11 is 8.48. The van der Waals surface area contributed by atoms with Crippen LogP contribution in [0.25, 0.3) is 11.8 Å². The van der Waals surface area contributed by atoms with E-state index in [2.05, 4.69) is 31.9 Å². The molecular formula is C36H28Br2N2O5S. The summed E-state index contributed by atoms with van der Waals surface area (Å²) in [5, 5.41) is 0. The van der Waals surface area contributed by atoms with Crippen LogP contribution >= 0.6 is 43.2 Å². The van der Waals surface area contributed by atoms with Crippen molar-refractivity contribution < 1.29 is 19.0 Å². The molecule has 6 rings (SSSR count). The quantitative estimate of drug-likeness (QED) is 0.151. The molecular weight excluding hydrogens is 732 g/mol. The van der Waals surface area contributed by atoms with Crippen LogP contribution in [0.1, 0.15) is 35.2 Å². The van der Waals surface area contributed by atoms with E-state index in [9.17, 15) is 9.59 Å². The van der Waals surface area contributed by atoms with Crippen molar-refractivity contribution in [3.8, 4) is 11.5 Å². The molecule has 0 aliphatic carbocycles. The van der Waals surface area contributed by atoms with Gasteiger partial charge in [0.2, 0.25) is 0 Å². The van der Waals surface area contributed by atoms with Crippen LogP contribution < -0.4 is 24.4 Å². The van der Waals surface area contributed by atoms with Gasteiger partial charge in [-0.05, 0) is 64.3 Å². The highest BCUT2D eigenvalue weighted by Gasteiger charge is 2.35. The smallest absolute Gasteiger partial charge is 0.338 e. The largest absolute Gasteiger partial charge is 0.497 e. The maximum atomic E-state index is 14.4. The molecule has 46 heavy (non-hydrogen) atoms. The van der Waals surface area contributed by atoms with Gasteiger partial charge >= 0.3 is 5.97 Å². The molecule has 0 radical (unpaired) electrons. The number of methoxy groups -OCH3 is 1. The van der Waals surface area contributed by atoms with Crippen molar-refractivity contribution in [2.45, 2.75) is 19.6 Å². The Morgan fingerprint density at radius 2 is 1.67 bits per heavy atom. The molecule has 232 valence electrons. The number of nitrogens with zero attached hydrogens (tertiary/aromatic N) is 2. The van der Waals surface area contributed by atoms with Gasteiger partial charge in [-0.3, -0.25) is 9.36 Å². The van der Waals surface area contributed by atoms with Crippen molar-refractivity contribution in [2.75, 3.05) is 13.7 Å². The first-order valence-electron chi connectivity index (χ1n) is 14.5. The van der Waals surface area contributed by atoms with E-state index >= 15 is 0 Å². The van der Waals surface area contributed by atoms with E-state index in [-0.39, 0.29) is 17.7 Å². The molecule has 5 aromatic rings. The summed E-state index contributed by atoms with van der Waals surface area (Å²) in [7, 11) is 1.59. The molecule has 1 aromatic heterocycles. The first-order chi connectivity index (χ1) is 22.4. The number of hydrogen-bond donors (Lipinski definition) is 0. The van der Waals surface area contributed by atoms with Crippen molar-refractivity contribution in [1.82, 2.24) is 4.57 Å². The van der Waals surface area contributed by atoms with Crippen molar-refractivity contribution in [2.24, 2.45) is 4.99 Å². The van der Waals surface area contributed by atoms with E-state index in [1.54, 1.807) is 24.7 Å². The fourth-order valence-electron chi connectivity index (χ4n) is 5.25. The minimum absolute atomic E-state index is 0.174. The summed E-state index contributed by atoms with van der Waals surface area (Å²) in [5.41, 5.74) is 3.65. The Kier molecular flexibility index (Phi) is 9.67. The Labute approximate surface area is 286 Å². The Hall–Kier alpha value is -4.25. The third-order valence-corrected chi connectivity index (χ3v) is 9.38. The minimum atomic E-state index is -0.790. The van der Waals surface area contributed by atoms with Crippen molar-refractivity contribution in [3.63, 3.8) is 0 Å². The highest BCUT2D eigenvalue weighted by atomic mass is 79.9. The summed E-state index contributed by atoms with van der Waals surface area (Å²) in [5.74, 6) is 0.721. The third-order valence-electron chi connectivity index (χ3n) is 7.35. The minimum Gasteiger partial charge on any atom is -0.497 e. The lowest BCUT2D eigenvalue weighted by atomic mass is 9.93. The third kappa shape index (κ3) is 6.51. The fourth-order valence-corrected chi connectivity index (χ4v) is 7.62. The molecule has 0 unspecified atom stereocenters. The van der Waals surface area contributed by atoms with Crippen molar-refractivity contribution in [1.29, 1.82) is 0 Å². The lowest BCUT2D eigenvalue weighted by Gasteiger charge is -2.26. The number of hydrogen-bond acceptors (Lipinski definition) is 7. The van der Waals surface area contributed by atoms with Gasteiger partial charge in [-0.2, -0.15) is 0 Å². The number of halogens is 2. The van der Waals surface area contributed by atoms with Crippen molar-refractivity contribution >= 4 is 60.9 Å². The van der Waals surface area contributed by atoms with Crippen LogP contribution in [0.5, 0.6) is 11.5 Å². The number of carbonyl (C=O) groups excluding carboxylic acids is 1. The number of aromatic nitrogens is 1. The van der Waals surface area contributed by atoms with Gasteiger partial charge in [-0.15, -0.1) is 0 Å². The van der Waals surface area contributed by atoms with Crippen LogP contribution in [0.4, 0.5) is 0 Å². The lowest BCUT2D eigenvalue weighted by Crippen LogP contribution is -2.40. The van der Waals surface area contributed by atoms with E-state index in [1.165, 1.54) is 11.3 Å². The van der Waals surface area contributed by atoms with Gasteiger partial charge in [0, 0.05) is 15.6 Å². The lowest BCUT2D eigenvalue weighted by molar-refractivity contribution is -0.138. The normalized spacial score (nSPS) is 14.4. The first kappa shape index (κ1) is 31.7. The van der Waals surface area contributed by atoms with Crippen LogP contribution in [0.2, 0.25) is 0 Å². The summed E-state index contributed by atoms with van der Waals surface area (Å²) < 4.78 is 20.8. The van der Waals surface area contributed by atoms with E-state index < -0.39 is 12.0 Å². The Balaban J connectivity index is 1.57. The van der Waals surface area contributed by atoms with Gasteiger partial charge in [-0.1, -0.05) is 100 Å². The Morgan fingerprint density at radius 1 is 0.978 bits per heavy atom. The molecule has 1 aliphatic rings. The number of rotatable bonds is 9. The molecule has 2 heterocycles. The predicted molar refractivity (Wildman–Crippen MR) is 187 cm³/mol. The molecule has 0 amide bonds. The van der Waals surface area contributed by atoms with Gasteiger partial charge in [0.05, 0.1) is 40.0 Å². The average molecular weight is 761 g/mol. The summed E-state index contributed by atoms with van der Waals surface area (Å²) in [4.78, 5) is 33.5. The highest BCUT2D eigenvalue weighted by molar-refractivity contribution is 9.11. The SMILES string of the molecule is CCOC(=O)C1=C(c2ccccc2)N=c2s/c(=C\c3cc(Br)cc(Br)c3OCc3ccccc3)c(=O)n2[C@H]1c1ccc(OC)cc1. The zero-order valence-electron chi connectivity index (χ0n) is 24.9. The molecule has 0 saturated heterocycles. The van der Waals surface area contributed by atoms with Crippen LogP contribution in [0, 0.1) is 0 Å². The number of ether oxygens (including phenoxy) is 3. The molecule has 0 saturated carbocycles. The van der Waals surface area contributed by atoms with Crippen LogP contribution in [-0.4, -0.2) is 24.3 Å². The molecule has 0 N–H and O–H groups in total. The second-order valence-corrected chi connectivity index (χ2v) is 13.1. The number of benzene rings is 4. The number of thiazole rings is 1. The molecule has 0 fully saturated rings. The predicted octanol–water partition coefficient (Wildman–Crippen LogP) is 7.05. The van der Waals surface area contributed by atoms with Gasteiger partial charge in [0.25, 0.3) is 5.56 Å². The van der Waals surface area contributed by atoms with Crippen LogP contribution in [0.15, 0.2) is 121 Å². The summed E-state index contributed by atoms with van der Waals surface area (Å²) in [6, 6.07) is 29.7. The van der Waals surface area contributed by atoms with Gasteiger partial charge in [-0.25, -0.2) is 9.79 Å². The molecule has 10 heteroatoms. The second kappa shape index (κ2) is 14.0. The van der Waals surface area contributed by atoms with E-state index in [0.29, 0.717) is 38.7 Å². The Morgan fingerprint density at radius 3 is 2.35 bits per heavy atom. The van der Waals surface area contributed by atoms with E-state index in [0.717, 1.165) is 25.6 Å². The average Bonchev–Trinajstić information content (AvgIpc) is 3.38. The topological polar surface area (TPSA) is 79.1 Å². The van der Waals surface area contributed by atoms with Crippen LogP contribution in [-0.2, 0) is 16.1 Å². The zero-order valence-corrected chi connectivity index (χ0v) is 28.9. The van der Waals surface area contributed by atoms with Crippen molar-refractivity contribution in [3.05, 3.63) is 154 Å². The highest BCUT2D eigenvalue weighted by Crippen LogP contribution is 2.36. The summed E-state index contributed by atoms with van der Waals surface area (Å²) in [6.45, 7) is 2.28. The standard InChI is InChI=1S/C36H28Br2N2O5S/c1-3-44-35(42)30-31(23-12-8-5-9-13-23)39-36-40(32(30)24-14-16-27(43-2)17-15-24)34(41)29(46-36)19-25-18-26(37)20-28(38)33(25)45-21-22-10-6-4-7-11-22/h4-20,32H,3,21H2,1-2H3/b29-19-/t32-/m0/s1. The van der Waals surface area contributed by atoms with Gasteiger partial charge in [0.1, 0.15) is 18.1 Å². The fraction of sp³-hybridized carbons (Fsp3) is 0.139. The number of esters is 1. The molecule has 1 atom stereocenters. The molecule has 1 aliphatic heterocycles. The first-order valence-corrected chi connectivity index (χ1v) is 16.9. The van der Waals surface area contributed by atoms with Gasteiger partial charge < -0.3 is 14.2 Å². The zero-order chi connectivity index (χ0) is 32.2. The van der Waals surface area contributed by atoms with E-state index in [1.807, 2.05) is 97.1 Å². The maximum absolute atomic E-state index is 14.4.